The molecule has 29 heavy (non-hydrogen) atoms. The summed E-state index contributed by atoms with van der Waals surface area (Å²) in [5.41, 5.74) is 1.07. The van der Waals surface area contributed by atoms with E-state index >= 15 is 0 Å². The molecule has 1 fully saturated rings. The van der Waals surface area contributed by atoms with Crippen molar-refractivity contribution in [1.82, 2.24) is 10.2 Å². The van der Waals surface area contributed by atoms with Crippen molar-refractivity contribution in [2.75, 3.05) is 13.1 Å². The van der Waals surface area contributed by atoms with Crippen LogP contribution in [-0.2, 0) is 16.0 Å². The minimum atomic E-state index is -0.454. The van der Waals surface area contributed by atoms with Gasteiger partial charge in [0.25, 0.3) is 11.1 Å². The molecule has 3 amide bonds. The van der Waals surface area contributed by atoms with E-state index in [9.17, 15) is 23.2 Å². The molecule has 8 heteroatoms. The quantitative estimate of drug-likeness (QED) is 0.698. The van der Waals surface area contributed by atoms with Crippen molar-refractivity contribution in [2.24, 2.45) is 0 Å². The van der Waals surface area contributed by atoms with Crippen LogP contribution in [-0.4, -0.2) is 35.0 Å². The minimum absolute atomic E-state index is 0.0386. The van der Waals surface area contributed by atoms with Gasteiger partial charge in [-0.15, -0.1) is 0 Å². The number of carbonyl (C=O) groups excluding carboxylic acids is 3. The molecule has 1 heterocycles. The second kappa shape index (κ2) is 9.47. The molecule has 1 N–H and O–H groups in total. The van der Waals surface area contributed by atoms with E-state index in [0.717, 1.165) is 16.7 Å². The largest absolute Gasteiger partial charge is 0.354 e. The molecule has 0 aliphatic carbocycles. The zero-order valence-corrected chi connectivity index (χ0v) is 16.2. The minimum Gasteiger partial charge on any atom is -0.354 e. The van der Waals surface area contributed by atoms with E-state index in [-0.39, 0.29) is 48.4 Å². The standard InChI is InChI=1S/C21H18F2N2O3S/c22-16-8-5-14(6-9-16)13-18-20(27)25(21(28)29-18)12-11-24-19(26)10-7-15-3-1-2-4-17(15)23/h1-6,8-9,13H,7,10-12H2,(H,24,26)/b18-13-. The maximum Gasteiger partial charge on any atom is 0.293 e. The van der Waals surface area contributed by atoms with Gasteiger partial charge in [0.05, 0.1) is 4.91 Å². The number of rotatable bonds is 7. The number of benzene rings is 2. The van der Waals surface area contributed by atoms with E-state index in [1.807, 2.05) is 0 Å². The van der Waals surface area contributed by atoms with Crippen molar-refractivity contribution in [2.45, 2.75) is 12.8 Å². The molecule has 3 rings (SSSR count). The molecule has 0 radical (unpaired) electrons. The van der Waals surface area contributed by atoms with E-state index < -0.39 is 11.1 Å². The van der Waals surface area contributed by atoms with Gasteiger partial charge in [-0.1, -0.05) is 30.3 Å². The van der Waals surface area contributed by atoms with Gasteiger partial charge in [0.2, 0.25) is 5.91 Å². The molecule has 150 valence electrons. The second-order valence-corrected chi connectivity index (χ2v) is 7.32. The highest BCUT2D eigenvalue weighted by Crippen LogP contribution is 2.31. The third kappa shape index (κ3) is 5.51. The third-order valence-electron chi connectivity index (χ3n) is 4.28. The molecule has 0 aromatic heterocycles. The van der Waals surface area contributed by atoms with Crippen molar-refractivity contribution in [3.05, 3.63) is 76.2 Å². The molecule has 0 bridgehead atoms. The first-order chi connectivity index (χ1) is 13.9. The van der Waals surface area contributed by atoms with Gasteiger partial charge < -0.3 is 5.32 Å². The lowest BCUT2D eigenvalue weighted by molar-refractivity contribution is -0.124. The molecule has 0 unspecified atom stereocenters. The third-order valence-corrected chi connectivity index (χ3v) is 5.19. The highest BCUT2D eigenvalue weighted by atomic mass is 32.2. The Hall–Kier alpha value is -3.00. The first kappa shape index (κ1) is 20.7. The average molecular weight is 416 g/mol. The van der Waals surface area contributed by atoms with E-state index in [1.54, 1.807) is 18.2 Å². The van der Waals surface area contributed by atoms with Gasteiger partial charge >= 0.3 is 0 Å². The molecule has 1 saturated heterocycles. The molecule has 0 atom stereocenters. The molecule has 5 nitrogen and oxygen atoms in total. The van der Waals surface area contributed by atoms with Crippen LogP contribution in [0.4, 0.5) is 13.6 Å². The SMILES string of the molecule is O=C(CCc1ccccc1F)NCCN1C(=O)S/C(=C\c2ccc(F)cc2)C1=O. The fourth-order valence-corrected chi connectivity index (χ4v) is 3.61. The van der Waals surface area contributed by atoms with Crippen LogP contribution >= 0.6 is 11.8 Å². The molecule has 2 aromatic rings. The normalized spacial score (nSPS) is 15.2. The summed E-state index contributed by atoms with van der Waals surface area (Å²) in [5.74, 6) is -1.49. The lowest BCUT2D eigenvalue weighted by Gasteiger charge is -2.13. The van der Waals surface area contributed by atoms with Crippen LogP contribution in [0, 0.1) is 11.6 Å². The summed E-state index contributed by atoms with van der Waals surface area (Å²) < 4.78 is 26.5. The van der Waals surface area contributed by atoms with Gasteiger partial charge in [0, 0.05) is 19.5 Å². The predicted molar refractivity (Wildman–Crippen MR) is 107 cm³/mol. The lowest BCUT2D eigenvalue weighted by atomic mass is 10.1. The van der Waals surface area contributed by atoms with E-state index in [4.69, 9.17) is 0 Å². The van der Waals surface area contributed by atoms with Gasteiger partial charge in [-0.05, 0) is 53.6 Å². The molecule has 0 spiro atoms. The monoisotopic (exact) mass is 416 g/mol. The molecule has 1 aliphatic heterocycles. The zero-order chi connectivity index (χ0) is 20.8. The molecule has 2 aromatic carbocycles. The summed E-state index contributed by atoms with van der Waals surface area (Å²) in [4.78, 5) is 37.7. The van der Waals surface area contributed by atoms with E-state index in [2.05, 4.69) is 5.32 Å². The Labute approximate surface area is 170 Å². The molecule has 0 saturated carbocycles. The average Bonchev–Trinajstić information content (AvgIpc) is 2.96. The number of hydrogen-bond acceptors (Lipinski definition) is 4. The Bertz CT molecular complexity index is 961. The summed E-state index contributed by atoms with van der Waals surface area (Å²) in [6, 6.07) is 11.8. The van der Waals surface area contributed by atoms with Crippen LogP contribution in [0.1, 0.15) is 17.5 Å². The fourth-order valence-electron chi connectivity index (χ4n) is 2.75. The van der Waals surface area contributed by atoms with Crippen LogP contribution in [0.3, 0.4) is 0 Å². The Kier molecular flexibility index (Phi) is 6.77. The smallest absolute Gasteiger partial charge is 0.293 e. The Morgan fingerprint density at radius 3 is 2.52 bits per heavy atom. The topological polar surface area (TPSA) is 66.5 Å². The Morgan fingerprint density at radius 2 is 1.79 bits per heavy atom. The number of thioether (sulfide) groups is 1. The van der Waals surface area contributed by atoms with Gasteiger partial charge in [0.1, 0.15) is 11.6 Å². The zero-order valence-electron chi connectivity index (χ0n) is 15.4. The number of carbonyl (C=O) groups is 3. The maximum atomic E-state index is 13.6. The highest BCUT2D eigenvalue weighted by molar-refractivity contribution is 8.18. The number of amides is 3. The van der Waals surface area contributed by atoms with Gasteiger partial charge in [-0.3, -0.25) is 19.3 Å². The van der Waals surface area contributed by atoms with E-state index in [1.165, 1.54) is 36.4 Å². The van der Waals surface area contributed by atoms with Gasteiger partial charge in [-0.25, -0.2) is 8.78 Å². The highest BCUT2D eigenvalue weighted by Gasteiger charge is 2.34. The summed E-state index contributed by atoms with van der Waals surface area (Å²) in [6.45, 7) is 0.148. The van der Waals surface area contributed by atoms with Gasteiger partial charge in [-0.2, -0.15) is 0 Å². The number of imide groups is 1. The van der Waals surface area contributed by atoms with Crippen molar-refractivity contribution in [1.29, 1.82) is 0 Å². The number of nitrogens with zero attached hydrogens (tertiary/aromatic N) is 1. The van der Waals surface area contributed by atoms with Crippen molar-refractivity contribution in [3.63, 3.8) is 0 Å². The van der Waals surface area contributed by atoms with Crippen LogP contribution < -0.4 is 5.32 Å². The fraction of sp³-hybridized carbons (Fsp3) is 0.190. The first-order valence-electron chi connectivity index (χ1n) is 8.95. The van der Waals surface area contributed by atoms with Crippen molar-refractivity contribution < 1.29 is 23.2 Å². The Morgan fingerprint density at radius 1 is 1.07 bits per heavy atom. The summed E-state index contributed by atoms with van der Waals surface area (Å²) >= 11 is 0.799. The molecular weight excluding hydrogens is 398 g/mol. The maximum absolute atomic E-state index is 13.6. The van der Waals surface area contributed by atoms with Crippen molar-refractivity contribution in [3.8, 4) is 0 Å². The van der Waals surface area contributed by atoms with E-state index in [0.29, 0.717) is 11.1 Å². The number of aryl methyl sites for hydroxylation is 1. The summed E-state index contributed by atoms with van der Waals surface area (Å²) in [5, 5.41) is 2.21. The second-order valence-electron chi connectivity index (χ2n) is 6.33. The van der Waals surface area contributed by atoms with Gasteiger partial charge in [0.15, 0.2) is 0 Å². The molecule has 1 aliphatic rings. The predicted octanol–water partition coefficient (Wildman–Crippen LogP) is 3.75. The van der Waals surface area contributed by atoms with Crippen LogP contribution in [0.15, 0.2) is 53.4 Å². The number of nitrogens with one attached hydrogen (secondary N) is 1. The van der Waals surface area contributed by atoms with Crippen molar-refractivity contribution >= 4 is 34.9 Å². The summed E-state index contributed by atoms with van der Waals surface area (Å²) in [6.07, 6.45) is 1.89. The number of halogens is 2. The van der Waals surface area contributed by atoms with Crippen LogP contribution in [0.2, 0.25) is 0 Å². The first-order valence-corrected chi connectivity index (χ1v) is 9.77. The summed E-state index contributed by atoms with van der Waals surface area (Å²) in [7, 11) is 0. The lowest BCUT2D eigenvalue weighted by Crippen LogP contribution is -2.37. The van der Waals surface area contributed by atoms with Crippen LogP contribution in [0.5, 0.6) is 0 Å². The number of hydrogen-bond donors (Lipinski definition) is 1. The Balaban J connectivity index is 1.48. The molecular formula is C21H18F2N2O3S. The van der Waals surface area contributed by atoms with Crippen LogP contribution in [0.25, 0.3) is 6.08 Å².